The van der Waals surface area contributed by atoms with E-state index in [-0.39, 0.29) is 12.1 Å². The summed E-state index contributed by atoms with van der Waals surface area (Å²) >= 11 is 0. The van der Waals surface area contributed by atoms with Gasteiger partial charge in [0.05, 0.1) is 13.2 Å². The molecule has 0 bridgehead atoms. The van der Waals surface area contributed by atoms with Crippen LogP contribution in [0.1, 0.15) is 12.8 Å². The molecule has 1 rings (SSSR count). The number of rotatable bonds is 2. The molecule has 62 valence electrons. The number of carbonyl (C=O) groups excluding carboxylic acids is 1. The number of hydrogen-bond acceptors (Lipinski definition) is 3. The summed E-state index contributed by atoms with van der Waals surface area (Å²) in [5.74, 6) is -0.319. The van der Waals surface area contributed by atoms with Gasteiger partial charge in [-0.3, -0.25) is 0 Å². The molecule has 0 radical (unpaired) electrons. The van der Waals surface area contributed by atoms with E-state index in [4.69, 9.17) is 4.74 Å². The van der Waals surface area contributed by atoms with Gasteiger partial charge in [-0.05, 0) is 18.9 Å². The van der Waals surface area contributed by atoms with Crippen molar-refractivity contribution >= 4 is 5.97 Å². The van der Waals surface area contributed by atoms with Gasteiger partial charge in [0.15, 0.2) is 0 Å². The molecule has 1 fully saturated rings. The molecule has 11 heavy (non-hydrogen) atoms. The Hall–Kier alpha value is -0.830. The molecular weight excluding hydrogens is 144 g/mol. The molecule has 1 aliphatic heterocycles. The first-order chi connectivity index (χ1) is 5.33. The largest absolute Gasteiger partial charge is 0.466 e. The Bertz CT molecular complexity index is 157. The van der Waals surface area contributed by atoms with Crippen molar-refractivity contribution in [2.45, 2.75) is 18.9 Å². The highest BCUT2D eigenvalue weighted by atomic mass is 16.5. The van der Waals surface area contributed by atoms with E-state index in [1.165, 1.54) is 13.2 Å². The highest BCUT2D eigenvalue weighted by Gasteiger charge is 2.11. The van der Waals surface area contributed by atoms with E-state index in [0.717, 1.165) is 19.4 Å². The summed E-state index contributed by atoms with van der Waals surface area (Å²) in [5.41, 5.74) is 0. The van der Waals surface area contributed by atoms with Crippen molar-refractivity contribution in [3.05, 3.63) is 12.2 Å². The van der Waals surface area contributed by atoms with E-state index in [0.29, 0.717) is 0 Å². The second-order valence-corrected chi connectivity index (χ2v) is 2.43. The summed E-state index contributed by atoms with van der Waals surface area (Å²) in [4.78, 5) is 10.6. The number of hydrogen-bond donors (Lipinski definition) is 0. The van der Waals surface area contributed by atoms with Crippen molar-refractivity contribution < 1.29 is 14.3 Å². The maximum Gasteiger partial charge on any atom is 0.330 e. The first kappa shape index (κ1) is 8.27. The van der Waals surface area contributed by atoms with Gasteiger partial charge in [-0.1, -0.05) is 0 Å². The number of methoxy groups -OCH3 is 1. The number of carbonyl (C=O) groups is 1. The van der Waals surface area contributed by atoms with Crippen LogP contribution in [0.4, 0.5) is 0 Å². The molecule has 0 saturated carbocycles. The summed E-state index contributed by atoms with van der Waals surface area (Å²) < 4.78 is 9.68. The van der Waals surface area contributed by atoms with Crippen LogP contribution in [-0.2, 0) is 14.3 Å². The quantitative estimate of drug-likeness (QED) is 0.440. The molecule has 0 aromatic rings. The van der Waals surface area contributed by atoms with Gasteiger partial charge in [0.25, 0.3) is 0 Å². The molecule has 0 aliphatic carbocycles. The third kappa shape index (κ3) is 2.72. The summed E-state index contributed by atoms with van der Waals surface area (Å²) in [7, 11) is 1.36. The van der Waals surface area contributed by atoms with Crippen LogP contribution in [0.25, 0.3) is 0 Å². The van der Waals surface area contributed by atoms with Gasteiger partial charge >= 0.3 is 5.97 Å². The second-order valence-electron chi connectivity index (χ2n) is 2.43. The molecule has 0 N–H and O–H groups in total. The fourth-order valence-electron chi connectivity index (χ4n) is 1.01. The lowest BCUT2D eigenvalue weighted by Gasteiger charge is -1.99. The van der Waals surface area contributed by atoms with Gasteiger partial charge in [-0.25, -0.2) is 4.79 Å². The van der Waals surface area contributed by atoms with Crippen molar-refractivity contribution in [2.75, 3.05) is 13.7 Å². The van der Waals surface area contributed by atoms with Crippen LogP contribution in [0.15, 0.2) is 12.2 Å². The second kappa shape index (κ2) is 4.13. The molecule has 0 amide bonds. The van der Waals surface area contributed by atoms with E-state index in [2.05, 4.69) is 4.74 Å². The summed E-state index contributed by atoms with van der Waals surface area (Å²) in [6.45, 7) is 0.802. The lowest BCUT2D eigenvalue weighted by atomic mass is 10.2. The predicted octanol–water partition coefficient (Wildman–Crippen LogP) is 0.895. The molecule has 0 aromatic heterocycles. The van der Waals surface area contributed by atoms with Crippen molar-refractivity contribution in [3.63, 3.8) is 0 Å². The predicted molar refractivity (Wildman–Crippen MR) is 40.1 cm³/mol. The molecule has 3 heteroatoms. The minimum Gasteiger partial charge on any atom is -0.466 e. The Balaban J connectivity index is 2.27. The van der Waals surface area contributed by atoms with E-state index >= 15 is 0 Å². The summed E-state index contributed by atoms with van der Waals surface area (Å²) in [5, 5.41) is 0. The van der Waals surface area contributed by atoms with Crippen LogP contribution in [-0.4, -0.2) is 25.8 Å². The minimum atomic E-state index is -0.319. The molecule has 0 spiro atoms. The van der Waals surface area contributed by atoms with Crippen LogP contribution in [0.5, 0.6) is 0 Å². The normalized spacial score (nSPS) is 24.3. The molecular formula is C8H12O3. The van der Waals surface area contributed by atoms with E-state index in [9.17, 15) is 4.79 Å². The molecule has 0 unspecified atom stereocenters. The molecule has 1 saturated heterocycles. The fourth-order valence-corrected chi connectivity index (χ4v) is 1.01. The van der Waals surface area contributed by atoms with Gasteiger partial charge in [0, 0.05) is 12.7 Å². The van der Waals surface area contributed by atoms with Crippen LogP contribution in [0, 0.1) is 0 Å². The van der Waals surface area contributed by atoms with Crippen molar-refractivity contribution in [3.8, 4) is 0 Å². The zero-order valence-corrected chi connectivity index (χ0v) is 6.58. The number of ether oxygens (including phenoxy) is 2. The smallest absolute Gasteiger partial charge is 0.330 e. The zero-order chi connectivity index (χ0) is 8.10. The van der Waals surface area contributed by atoms with Crippen LogP contribution in [0.2, 0.25) is 0 Å². The average Bonchev–Trinajstić information content (AvgIpc) is 2.52. The highest BCUT2D eigenvalue weighted by Crippen LogP contribution is 2.12. The van der Waals surface area contributed by atoms with Crippen molar-refractivity contribution in [1.29, 1.82) is 0 Å². The lowest BCUT2D eigenvalue weighted by molar-refractivity contribution is -0.134. The molecule has 1 aliphatic rings. The Labute approximate surface area is 66.0 Å². The first-order valence-electron chi connectivity index (χ1n) is 3.70. The van der Waals surface area contributed by atoms with E-state index in [1.807, 2.05) is 0 Å². The Morgan fingerprint density at radius 2 is 2.55 bits per heavy atom. The Morgan fingerprint density at radius 3 is 3.09 bits per heavy atom. The molecule has 3 nitrogen and oxygen atoms in total. The van der Waals surface area contributed by atoms with Crippen LogP contribution >= 0.6 is 0 Å². The van der Waals surface area contributed by atoms with Gasteiger partial charge in [-0.15, -0.1) is 0 Å². The standard InChI is InChI=1S/C8H12O3/c1-10-8(9)5-4-7-3-2-6-11-7/h4-5,7H,2-3,6H2,1H3/b5-4+/t7-/m1/s1. The van der Waals surface area contributed by atoms with E-state index in [1.54, 1.807) is 6.08 Å². The third-order valence-corrected chi connectivity index (χ3v) is 1.61. The fraction of sp³-hybridized carbons (Fsp3) is 0.625. The number of esters is 1. The van der Waals surface area contributed by atoms with Crippen LogP contribution < -0.4 is 0 Å². The zero-order valence-electron chi connectivity index (χ0n) is 6.58. The average molecular weight is 156 g/mol. The SMILES string of the molecule is COC(=O)/C=C/[C@H]1CCCO1. The highest BCUT2D eigenvalue weighted by molar-refractivity contribution is 5.81. The molecule has 1 heterocycles. The first-order valence-corrected chi connectivity index (χ1v) is 3.70. The summed E-state index contributed by atoms with van der Waals surface area (Å²) in [6.07, 6.45) is 5.37. The monoisotopic (exact) mass is 156 g/mol. The maximum atomic E-state index is 10.6. The Kier molecular flexibility index (Phi) is 3.11. The third-order valence-electron chi connectivity index (χ3n) is 1.61. The summed E-state index contributed by atoms with van der Waals surface area (Å²) in [6, 6.07) is 0. The Morgan fingerprint density at radius 1 is 1.73 bits per heavy atom. The van der Waals surface area contributed by atoms with Gasteiger partial charge in [-0.2, -0.15) is 0 Å². The van der Waals surface area contributed by atoms with Gasteiger partial charge < -0.3 is 9.47 Å². The van der Waals surface area contributed by atoms with Crippen LogP contribution in [0.3, 0.4) is 0 Å². The van der Waals surface area contributed by atoms with Gasteiger partial charge in [0.2, 0.25) is 0 Å². The lowest BCUT2D eigenvalue weighted by Crippen LogP contribution is -2.02. The van der Waals surface area contributed by atoms with E-state index < -0.39 is 0 Å². The topological polar surface area (TPSA) is 35.5 Å². The molecule has 0 aromatic carbocycles. The molecule has 1 atom stereocenters. The van der Waals surface area contributed by atoms with Gasteiger partial charge in [0.1, 0.15) is 0 Å². The van der Waals surface area contributed by atoms with Crippen molar-refractivity contribution in [1.82, 2.24) is 0 Å². The van der Waals surface area contributed by atoms with Crippen molar-refractivity contribution in [2.24, 2.45) is 0 Å². The minimum absolute atomic E-state index is 0.120. The maximum absolute atomic E-state index is 10.6.